The fraction of sp³-hybridized carbons (Fsp3) is 0.455. The maximum atomic E-state index is 10.5. The van der Waals surface area contributed by atoms with Crippen LogP contribution in [-0.2, 0) is 11.3 Å². The lowest BCUT2D eigenvalue weighted by Gasteiger charge is -2.27. The Labute approximate surface area is 156 Å². The molecule has 140 valence electrons. The molecule has 0 aromatic heterocycles. The van der Waals surface area contributed by atoms with Crippen LogP contribution in [0.1, 0.15) is 24.0 Å². The van der Waals surface area contributed by atoms with E-state index in [2.05, 4.69) is 36.1 Å². The van der Waals surface area contributed by atoms with Gasteiger partial charge < -0.3 is 14.6 Å². The number of nitrogens with zero attached hydrogens (tertiary/aromatic N) is 1. The Morgan fingerprint density at radius 1 is 1.15 bits per heavy atom. The molecule has 1 heterocycles. The van der Waals surface area contributed by atoms with Crippen LogP contribution in [0.2, 0.25) is 0 Å². The quantitative estimate of drug-likeness (QED) is 0.748. The first kappa shape index (κ1) is 18.9. The molecule has 1 aliphatic rings. The van der Waals surface area contributed by atoms with E-state index >= 15 is 0 Å². The van der Waals surface area contributed by atoms with E-state index in [0.717, 1.165) is 38.3 Å². The molecule has 3 rings (SSSR count). The molecule has 2 aromatic rings. The fourth-order valence-electron chi connectivity index (χ4n) is 3.29. The van der Waals surface area contributed by atoms with E-state index < -0.39 is 6.10 Å². The molecule has 4 nitrogen and oxygen atoms in total. The number of hydrogen-bond acceptors (Lipinski definition) is 4. The summed E-state index contributed by atoms with van der Waals surface area (Å²) in [6.45, 7) is 5.46. The zero-order valence-corrected chi connectivity index (χ0v) is 15.5. The minimum Gasteiger partial charge on any atom is -0.491 e. The second-order valence-electron chi connectivity index (χ2n) is 7.09. The molecular weight excluding hydrogens is 326 g/mol. The van der Waals surface area contributed by atoms with Gasteiger partial charge in [0, 0.05) is 26.2 Å². The first-order valence-corrected chi connectivity index (χ1v) is 9.44. The minimum absolute atomic E-state index is 0.266. The number of benzene rings is 2. The Hall–Kier alpha value is -1.88. The maximum Gasteiger partial charge on any atom is 0.119 e. The molecule has 0 aliphatic carbocycles. The third kappa shape index (κ3) is 6.13. The average molecular weight is 355 g/mol. The van der Waals surface area contributed by atoms with Gasteiger partial charge in [-0.05, 0) is 37.5 Å². The highest BCUT2D eigenvalue weighted by Crippen LogP contribution is 2.16. The van der Waals surface area contributed by atoms with Crippen LogP contribution in [-0.4, -0.2) is 48.5 Å². The van der Waals surface area contributed by atoms with Crippen molar-refractivity contribution in [2.45, 2.75) is 38.5 Å². The minimum atomic E-state index is -0.540. The standard InChI is InChI=1S/C22H29NO3/c1-18-9-11-19(12-10-18)14-23(16-22-8-5-13-25-22)15-20(24)17-26-21-6-3-2-4-7-21/h2-4,6-7,9-12,20,22,24H,5,8,13-17H2,1H3/t20-,22-/m0/s1. The Bertz CT molecular complexity index is 638. The Morgan fingerprint density at radius 2 is 1.92 bits per heavy atom. The topological polar surface area (TPSA) is 41.9 Å². The van der Waals surface area contributed by atoms with Crippen molar-refractivity contribution < 1.29 is 14.6 Å². The molecule has 2 atom stereocenters. The van der Waals surface area contributed by atoms with Gasteiger partial charge in [-0.25, -0.2) is 0 Å². The van der Waals surface area contributed by atoms with Crippen molar-refractivity contribution in [3.63, 3.8) is 0 Å². The van der Waals surface area contributed by atoms with Gasteiger partial charge in [0.05, 0.1) is 6.10 Å². The Balaban J connectivity index is 1.55. The molecule has 4 heteroatoms. The van der Waals surface area contributed by atoms with E-state index in [0.29, 0.717) is 13.2 Å². The van der Waals surface area contributed by atoms with Gasteiger partial charge in [0.15, 0.2) is 0 Å². The van der Waals surface area contributed by atoms with Crippen LogP contribution >= 0.6 is 0 Å². The number of para-hydroxylation sites is 1. The Kier molecular flexibility index (Phi) is 7.06. The van der Waals surface area contributed by atoms with Crippen LogP contribution in [0.5, 0.6) is 5.75 Å². The van der Waals surface area contributed by atoms with Crippen LogP contribution in [0.4, 0.5) is 0 Å². The van der Waals surface area contributed by atoms with E-state index in [4.69, 9.17) is 9.47 Å². The second kappa shape index (κ2) is 9.72. The molecule has 0 amide bonds. The lowest BCUT2D eigenvalue weighted by atomic mass is 10.1. The maximum absolute atomic E-state index is 10.5. The summed E-state index contributed by atoms with van der Waals surface area (Å²) in [6.07, 6.45) is 1.95. The number of ether oxygens (including phenoxy) is 2. The largest absolute Gasteiger partial charge is 0.491 e. The zero-order chi connectivity index (χ0) is 18.2. The lowest BCUT2D eigenvalue weighted by Crippen LogP contribution is -2.39. The zero-order valence-electron chi connectivity index (χ0n) is 15.5. The number of hydrogen-bond donors (Lipinski definition) is 1. The second-order valence-corrected chi connectivity index (χ2v) is 7.09. The van der Waals surface area contributed by atoms with Crippen LogP contribution in [0, 0.1) is 6.92 Å². The van der Waals surface area contributed by atoms with Gasteiger partial charge in [0.1, 0.15) is 18.5 Å². The summed E-state index contributed by atoms with van der Waals surface area (Å²) >= 11 is 0. The Morgan fingerprint density at radius 3 is 2.62 bits per heavy atom. The van der Waals surface area contributed by atoms with E-state index in [-0.39, 0.29) is 6.10 Å². The van der Waals surface area contributed by atoms with Gasteiger partial charge in [-0.15, -0.1) is 0 Å². The molecule has 0 spiro atoms. The van der Waals surface area contributed by atoms with Crippen LogP contribution in [0.25, 0.3) is 0 Å². The summed E-state index contributed by atoms with van der Waals surface area (Å²) in [4.78, 5) is 2.28. The molecule has 0 radical (unpaired) electrons. The molecular formula is C22H29NO3. The normalized spacial score (nSPS) is 18.2. The fourth-order valence-corrected chi connectivity index (χ4v) is 3.29. The summed E-state index contributed by atoms with van der Waals surface area (Å²) < 4.78 is 11.5. The third-order valence-electron chi connectivity index (χ3n) is 4.67. The first-order chi connectivity index (χ1) is 12.7. The number of aliphatic hydroxyl groups is 1. The highest BCUT2D eigenvalue weighted by Gasteiger charge is 2.21. The molecule has 1 aliphatic heterocycles. The molecule has 0 bridgehead atoms. The van der Waals surface area contributed by atoms with Crippen molar-refractivity contribution in [3.8, 4) is 5.75 Å². The van der Waals surface area contributed by atoms with Crippen molar-refractivity contribution >= 4 is 0 Å². The van der Waals surface area contributed by atoms with E-state index in [1.54, 1.807) is 0 Å². The van der Waals surface area contributed by atoms with Gasteiger partial charge >= 0.3 is 0 Å². The molecule has 1 N–H and O–H groups in total. The van der Waals surface area contributed by atoms with Crippen LogP contribution in [0.3, 0.4) is 0 Å². The van der Waals surface area contributed by atoms with Gasteiger partial charge in [-0.3, -0.25) is 4.90 Å². The van der Waals surface area contributed by atoms with Gasteiger partial charge in [-0.2, -0.15) is 0 Å². The molecule has 26 heavy (non-hydrogen) atoms. The SMILES string of the molecule is Cc1ccc(CN(C[C@H](O)COc2ccccc2)C[C@@H]2CCCO2)cc1. The summed E-state index contributed by atoms with van der Waals surface area (Å²) in [5, 5.41) is 10.5. The number of aliphatic hydroxyl groups excluding tert-OH is 1. The summed E-state index contributed by atoms with van der Waals surface area (Å²) in [7, 11) is 0. The van der Waals surface area contributed by atoms with E-state index in [1.807, 2.05) is 30.3 Å². The predicted molar refractivity (Wildman–Crippen MR) is 103 cm³/mol. The van der Waals surface area contributed by atoms with Crippen molar-refractivity contribution in [1.82, 2.24) is 4.90 Å². The van der Waals surface area contributed by atoms with E-state index in [1.165, 1.54) is 11.1 Å². The monoisotopic (exact) mass is 355 g/mol. The highest BCUT2D eigenvalue weighted by molar-refractivity contribution is 5.22. The van der Waals surface area contributed by atoms with E-state index in [9.17, 15) is 5.11 Å². The van der Waals surface area contributed by atoms with Crippen molar-refractivity contribution in [2.75, 3.05) is 26.3 Å². The lowest BCUT2D eigenvalue weighted by molar-refractivity contribution is 0.0313. The van der Waals surface area contributed by atoms with Gasteiger partial charge in [-0.1, -0.05) is 48.0 Å². The van der Waals surface area contributed by atoms with Crippen molar-refractivity contribution in [1.29, 1.82) is 0 Å². The van der Waals surface area contributed by atoms with Crippen LogP contribution < -0.4 is 4.74 Å². The molecule has 1 fully saturated rings. The van der Waals surface area contributed by atoms with Crippen LogP contribution in [0.15, 0.2) is 54.6 Å². The van der Waals surface area contributed by atoms with Crippen molar-refractivity contribution in [2.24, 2.45) is 0 Å². The smallest absolute Gasteiger partial charge is 0.119 e. The van der Waals surface area contributed by atoms with Gasteiger partial charge in [0.2, 0.25) is 0 Å². The van der Waals surface area contributed by atoms with Crippen molar-refractivity contribution in [3.05, 3.63) is 65.7 Å². The molecule has 1 saturated heterocycles. The molecule has 0 saturated carbocycles. The number of rotatable bonds is 9. The van der Waals surface area contributed by atoms with Gasteiger partial charge in [0.25, 0.3) is 0 Å². The number of aryl methyl sites for hydroxylation is 1. The first-order valence-electron chi connectivity index (χ1n) is 9.44. The summed E-state index contributed by atoms with van der Waals surface area (Å²) in [5.74, 6) is 0.788. The molecule has 2 aromatic carbocycles. The average Bonchev–Trinajstić information content (AvgIpc) is 3.16. The third-order valence-corrected chi connectivity index (χ3v) is 4.67. The summed E-state index contributed by atoms with van der Waals surface area (Å²) in [6, 6.07) is 18.2. The molecule has 0 unspecified atom stereocenters. The predicted octanol–water partition coefficient (Wildman–Crippen LogP) is 3.42. The highest BCUT2D eigenvalue weighted by atomic mass is 16.5. The summed E-state index contributed by atoms with van der Waals surface area (Å²) in [5.41, 5.74) is 2.51.